The fourth-order valence-corrected chi connectivity index (χ4v) is 2.86. The highest BCUT2D eigenvalue weighted by molar-refractivity contribution is 6.69. The summed E-state index contributed by atoms with van der Waals surface area (Å²) in [4.78, 5) is 11.9. The molecule has 4 unspecified atom stereocenters. The largest absolute Gasteiger partial charge is 0.455 e. The average molecular weight is 278 g/mol. The maximum absolute atomic E-state index is 11.9. The Balaban J connectivity index is 2.83. The summed E-state index contributed by atoms with van der Waals surface area (Å²) in [6, 6.07) is 0. The number of ether oxygens (including phenoxy) is 3. The first-order valence-corrected chi connectivity index (χ1v) is 9.29. The number of cyclic esters (lactones) is 1. The summed E-state index contributed by atoms with van der Waals surface area (Å²) in [5.41, 5.74) is 0. The van der Waals surface area contributed by atoms with E-state index in [2.05, 4.69) is 0 Å². The molecule has 106 valence electrons. The first kappa shape index (κ1) is 15.6. The molecule has 4 atom stereocenters. The molecule has 7 heteroatoms. The predicted octanol–water partition coefficient (Wildman–Crippen LogP) is 0.154. The van der Waals surface area contributed by atoms with E-state index in [0.717, 1.165) is 0 Å². The zero-order chi connectivity index (χ0) is 13.9. The van der Waals surface area contributed by atoms with Crippen molar-refractivity contribution in [2.45, 2.75) is 44.1 Å². The Bertz CT molecular complexity index is 290. The Morgan fingerprint density at radius 2 is 1.94 bits per heavy atom. The van der Waals surface area contributed by atoms with Crippen LogP contribution >= 0.6 is 0 Å². The minimum atomic E-state index is -1.94. The van der Waals surface area contributed by atoms with Gasteiger partial charge < -0.3 is 23.7 Å². The lowest BCUT2D eigenvalue weighted by molar-refractivity contribution is -0.209. The van der Waals surface area contributed by atoms with Gasteiger partial charge in [-0.1, -0.05) is 0 Å². The summed E-state index contributed by atoms with van der Waals surface area (Å²) in [5, 5.41) is 10.1. The first-order valence-electron chi connectivity index (χ1n) is 5.88. The molecule has 18 heavy (non-hydrogen) atoms. The molecule has 0 radical (unpaired) electrons. The van der Waals surface area contributed by atoms with E-state index in [4.69, 9.17) is 18.6 Å². The molecule has 1 aliphatic heterocycles. The molecule has 1 heterocycles. The summed E-state index contributed by atoms with van der Waals surface area (Å²) in [7, 11) is 0.983. The number of rotatable bonds is 5. The zero-order valence-electron chi connectivity index (χ0n) is 11.5. The van der Waals surface area contributed by atoms with Crippen LogP contribution in [0.15, 0.2) is 0 Å². The molecule has 0 aliphatic carbocycles. The normalized spacial score (nSPS) is 33.3. The monoisotopic (exact) mass is 278 g/mol. The van der Waals surface area contributed by atoms with Gasteiger partial charge in [0.2, 0.25) is 0 Å². The van der Waals surface area contributed by atoms with Crippen LogP contribution < -0.4 is 0 Å². The second-order valence-corrected chi connectivity index (χ2v) is 9.73. The van der Waals surface area contributed by atoms with Crippen LogP contribution in [0.1, 0.15) is 0 Å². The Morgan fingerprint density at radius 3 is 2.39 bits per heavy atom. The van der Waals surface area contributed by atoms with Crippen LogP contribution in [0, 0.1) is 0 Å². The van der Waals surface area contributed by atoms with Crippen molar-refractivity contribution in [3.63, 3.8) is 0 Å². The van der Waals surface area contributed by atoms with Crippen LogP contribution in [0.3, 0.4) is 0 Å². The Labute approximate surface area is 108 Å². The molecule has 1 saturated heterocycles. The summed E-state index contributed by atoms with van der Waals surface area (Å²) >= 11 is 0. The second kappa shape index (κ2) is 6.11. The van der Waals surface area contributed by atoms with Gasteiger partial charge in [0.05, 0.1) is 6.61 Å². The van der Waals surface area contributed by atoms with E-state index >= 15 is 0 Å². The van der Waals surface area contributed by atoms with Crippen LogP contribution in [-0.2, 0) is 23.4 Å². The van der Waals surface area contributed by atoms with E-state index in [9.17, 15) is 9.90 Å². The molecule has 1 rings (SSSR count). The van der Waals surface area contributed by atoms with Crippen molar-refractivity contribution in [3.05, 3.63) is 0 Å². The summed E-state index contributed by atoms with van der Waals surface area (Å²) < 4.78 is 21.0. The molecule has 0 aromatic rings. The molecule has 0 bridgehead atoms. The average Bonchev–Trinajstić information content (AvgIpc) is 2.24. The highest BCUT2D eigenvalue weighted by Gasteiger charge is 2.47. The van der Waals surface area contributed by atoms with Crippen LogP contribution in [0.25, 0.3) is 0 Å². The van der Waals surface area contributed by atoms with Crippen LogP contribution in [0.2, 0.25) is 19.6 Å². The molecule has 1 N–H and O–H groups in total. The minimum absolute atomic E-state index is 0.131. The Morgan fingerprint density at radius 1 is 1.33 bits per heavy atom. The van der Waals surface area contributed by atoms with Crippen molar-refractivity contribution >= 4 is 14.3 Å². The second-order valence-electron chi connectivity index (χ2n) is 5.27. The van der Waals surface area contributed by atoms with E-state index < -0.39 is 38.7 Å². The maximum atomic E-state index is 11.9. The fourth-order valence-electron chi connectivity index (χ4n) is 1.87. The number of aliphatic hydroxyl groups is 1. The van der Waals surface area contributed by atoms with E-state index in [1.807, 2.05) is 19.6 Å². The molecule has 0 spiro atoms. The van der Waals surface area contributed by atoms with E-state index in [0.29, 0.717) is 0 Å². The van der Waals surface area contributed by atoms with Gasteiger partial charge in [0.25, 0.3) is 0 Å². The van der Waals surface area contributed by atoms with Crippen molar-refractivity contribution in [2.75, 3.05) is 20.8 Å². The van der Waals surface area contributed by atoms with Crippen molar-refractivity contribution in [3.8, 4) is 0 Å². The summed E-state index contributed by atoms with van der Waals surface area (Å²) in [6.45, 7) is 6.01. The lowest BCUT2D eigenvalue weighted by Crippen LogP contribution is -2.60. The number of methoxy groups -OCH3 is 2. The molecular formula is C11H22O6Si. The zero-order valence-corrected chi connectivity index (χ0v) is 12.5. The third-order valence-corrected chi connectivity index (χ3v) is 3.56. The van der Waals surface area contributed by atoms with Crippen molar-refractivity contribution in [1.82, 2.24) is 0 Å². The quantitative estimate of drug-likeness (QED) is 0.570. The smallest absolute Gasteiger partial charge is 0.337 e. The van der Waals surface area contributed by atoms with E-state index in [1.165, 1.54) is 14.2 Å². The van der Waals surface area contributed by atoms with Gasteiger partial charge in [0.15, 0.2) is 20.5 Å². The van der Waals surface area contributed by atoms with Crippen molar-refractivity contribution in [2.24, 2.45) is 0 Å². The van der Waals surface area contributed by atoms with Crippen LogP contribution in [0.4, 0.5) is 0 Å². The van der Waals surface area contributed by atoms with Gasteiger partial charge in [-0.3, -0.25) is 0 Å². The molecular weight excluding hydrogens is 256 g/mol. The number of carbonyl (C=O) groups excluding carboxylic acids is 1. The van der Waals surface area contributed by atoms with Crippen molar-refractivity contribution < 1.29 is 28.5 Å². The third-order valence-electron chi connectivity index (χ3n) is 2.60. The van der Waals surface area contributed by atoms with Crippen LogP contribution in [-0.4, -0.2) is 64.6 Å². The SMILES string of the molecule is COCC1OC(=O)C(O[Si](C)(C)C)C(OC)C1O. The van der Waals surface area contributed by atoms with Gasteiger partial charge in [-0.2, -0.15) is 0 Å². The van der Waals surface area contributed by atoms with Crippen LogP contribution in [0.5, 0.6) is 0 Å². The first-order chi connectivity index (χ1) is 8.30. The topological polar surface area (TPSA) is 74.2 Å². The number of carbonyl (C=O) groups is 1. The van der Waals surface area contributed by atoms with E-state index in [1.54, 1.807) is 0 Å². The molecule has 6 nitrogen and oxygen atoms in total. The standard InChI is InChI=1S/C11H22O6Si/c1-14-6-7-8(12)9(15-2)10(11(13)16-7)17-18(3,4)5/h7-10,12H,6H2,1-5H3. The maximum Gasteiger partial charge on any atom is 0.337 e. The summed E-state index contributed by atoms with van der Waals surface area (Å²) in [5.74, 6) is -0.503. The third kappa shape index (κ3) is 3.76. The molecule has 1 aliphatic rings. The lowest BCUT2D eigenvalue weighted by Gasteiger charge is -2.40. The molecule has 0 amide bonds. The van der Waals surface area contributed by atoms with Gasteiger partial charge in [0, 0.05) is 14.2 Å². The predicted molar refractivity (Wildman–Crippen MR) is 66.8 cm³/mol. The highest BCUT2D eigenvalue weighted by Crippen LogP contribution is 2.24. The van der Waals surface area contributed by atoms with E-state index in [-0.39, 0.29) is 6.61 Å². The number of esters is 1. The number of aliphatic hydroxyl groups excluding tert-OH is 1. The molecule has 0 aromatic heterocycles. The van der Waals surface area contributed by atoms with Gasteiger partial charge in [0.1, 0.15) is 12.2 Å². The lowest BCUT2D eigenvalue weighted by atomic mass is 10.00. The summed E-state index contributed by atoms with van der Waals surface area (Å²) in [6.07, 6.45) is -3.26. The minimum Gasteiger partial charge on any atom is -0.455 e. The Kier molecular flexibility index (Phi) is 5.29. The highest BCUT2D eigenvalue weighted by atomic mass is 28.4. The van der Waals surface area contributed by atoms with Gasteiger partial charge >= 0.3 is 5.97 Å². The molecule has 1 fully saturated rings. The van der Waals surface area contributed by atoms with Gasteiger partial charge in [-0.05, 0) is 19.6 Å². The van der Waals surface area contributed by atoms with Gasteiger partial charge in [-0.15, -0.1) is 0 Å². The molecule has 0 saturated carbocycles. The molecule has 0 aromatic carbocycles. The number of hydrogen-bond acceptors (Lipinski definition) is 6. The fraction of sp³-hybridized carbons (Fsp3) is 0.909. The number of hydrogen-bond donors (Lipinski definition) is 1. The van der Waals surface area contributed by atoms with Gasteiger partial charge in [-0.25, -0.2) is 4.79 Å². The van der Waals surface area contributed by atoms with Crippen molar-refractivity contribution in [1.29, 1.82) is 0 Å². The Hall–Kier alpha value is -0.473.